The van der Waals surface area contributed by atoms with Gasteiger partial charge in [0.2, 0.25) is 0 Å². The molecular weight excluding hydrogens is 210 g/mol. The van der Waals surface area contributed by atoms with Crippen molar-refractivity contribution in [3.05, 3.63) is 35.4 Å². The summed E-state index contributed by atoms with van der Waals surface area (Å²) in [6.45, 7) is 4.09. The Labute approximate surface area is 103 Å². The van der Waals surface area contributed by atoms with Gasteiger partial charge in [-0.2, -0.15) is 0 Å². The lowest BCUT2D eigenvalue weighted by molar-refractivity contribution is 0.0946. The molecule has 2 fully saturated rings. The van der Waals surface area contributed by atoms with E-state index < -0.39 is 0 Å². The average molecular weight is 231 g/mol. The second-order valence-electron chi connectivity index (χ2n) is 5.72. The first kappa shape index (κ1) is 11.2. The fourth-order valence-electron chi connectivity index (χ4n) is 3.46. The Morgan fingerprint density at radius 3 is 2.94 bits per heavy atom. The quantitative estimate of drug-likeness (QED) is 0.864. The van der Waals surface area contributed by atoms with Crippen molar-refractivity contribution in [2.45, 2.75) is 38.3 Å². The first-order valence-corrected chi connectivity index (χ1v) is 6.71. The van der Waals surface area contributed by atoms with E-state index in [4.69, 9.17) is 0 Å². The number of piperidine rings is 1. The smallest absolute Gasteiger partial charge is 0.0917 e. The molecule has 1 saturated heterocycles. The van der Waals surface area contributed by atoms with Gasteiger partial charge < -0.3 is 5.11 Å². The van der Waals surface area contributed by atoms with Crippen LogP contribution in [0.3, 0.4) is 0 Å². The van der Waals surface area contributed by atoms with Crippen LogP contribution >= 0.6 is 0 Å². The van der Waals surface area contributed by atoms with Crippen LogP contribution in [0.2, 0.25) is 0 Å². The van der Waals surface area contributed by atoms with E-state index in [1.54, 1.807) is 0 Å². The highest BCUT2D eigenvalue weighted by Gasteiger charge is 2.38. The summed E-state index contributed by atoms with van der Waals surface area (Å²) in [7, 11) is 0. The van der Waals surface area contributed by atoms with Gasteiger partial charge >= 0.3 is 0 Å². The van der Waals surface area contributed by atoms with Crippen molar-refractivity contribution in [1.29, 1.82) is 0 Å². The summed E-state index contributed by atoms with van der Waals surface area (Å²) in [6, 6.07) is 8.99. The lowest BCUT2D eigenvalue weighted by Gasteiger charge is -2.29. The number of likely N-dealkylation sites (tertiary alicyclic amines) is 1. The van der Waals surface area contributed by atoms with Gasteiger partial charge in [-0.3, -0.25) is 4.90 Å². The van der Waals surface area contributed by atoms with Gasteiger partial charge in [0.1, 0.15) is 0 Å². The van der Waals surface area contributed by atoms with Crippen molar-refractivity contribution in [1.82, 2.24) is 4.90 Å². The molecule has 1 aromatic rings. The zero-order chi connectivity index (χ0) is 11.8. The zero-order valence-electron chi connectivity index (χ0n) is 10.5. The van der Waals surface area contributed by atoms with Crippen molar-refractivity contribution < 1.29 is 5.11 Å². The molecule has 0 amide bonds. The van der Waals surface area contributed by atoms with Crippen LogP contribution < -0.4 is 0 Å². The van der Waals surface area contributed by atoms with Crippen molar-refractivity contribution in [2.75, 3.05) is 13.1 Å². The van der Waals surface area contributed by atoms with Crippen LogP contribution in [-0.4, -0.2) is 29.1 Å². The van der Waals surface area contributed by atoms with Gasteiger partial charge in [0.25, 0.3) is 0 Å². The number of hydrogen-bond acceptors (Lipinski definition) is 2. The molecule has 0 spiro atoms. The number of nitrogens with zero attached hydrogens (tertiary/aromatic N) is 1. The Morgan fingerprint density at radius 2 is 2.29 bits per heavy atom. The fraction of sp³-hybridized carbons (Fsp3) is 0.600. The van der Waals surface area contributed by atoms with Gasteiger partial charge in [0, 0.05) is 19.1 Å². The van der Waals surface area contributed by atoms with Gasteiger partial charge in [-0.1, -0.05) is 29.8 Å². The van der Waals surface area contributed by atoms with Gasteiger partial charge in [-0.25, -0.2) is 0 Å². The SMILES string of the molecule is Cc1cccc(C(O)CN2CC3CCC2C3)c1. The molecule has 17 heavy (non-hydrogen) atoms. The summed E-state index contributed by atoms with van der Waals surface area (Å²) in [6.07, 6.45) is 3.78. The summed E-state index contributed by atoms with van der Waals surface area (Å²) in [5.41, 5.74) is 2.29. The van der Waals surface area contributed by atoms with E-state index in [-0.39, 0.29) is 6.10 Å². The predicted octanol–water partition coefficient (Wildman–Crippen LogP) is 2.51. The Bertz CT molecular complexity index is 404. The van der Waals surface area contributed by atoms with Crippen LogP contribution in [0.5, 0.6) is 0 Å². The topological polar surface area (TPSA) is 23.5 Å². The molecule has 2 nitrogen and oxygen atoms in total. The normalized spacial score (nSPS) is 29.8. The Balaban J connectivity index is 1.65. The Hall–Kier alpha value is -0.860. The predicted molar refractivity (Wildman–Crippen MR) is 68.8 cm³/mol. The molecule has 1 heterocycles. The lowest BCUT2D eigenvalue weighted by atomic mass is 10.0. The van der Waals surface area contributed by atoms with Gasteiger partial charge in [-0.15, -0.1) is 0 Å². The molecule has 2 bridgehead atoms. The minimum atomic E-state index is -0.325. The van der Waals surface area contributed by atoms with Crippen LogP contribution in [0, 0.1) is 12.8 Å². The molecule has 3 atom stereocenters. The van der Waals surface area contributed by atoms with Gasteiger partial charge in [0.05, 0.1) is 6.10 Å². The number of β-amino-alcohol motifs (C(OH)–C–C–N with tert-alkyl or cyclic N) is 1. The highest BCUT2D eigenvalue weighted by atomic mass is 16.3. The molecule has 1 aliphatic carbocycles. The van der Waals surface area contributed by atoms with Crippen LogP contribution in [0.4, 0.5) is 0 Å². The molecule has 1 saturated carbocycles. The second-order valence-corrected chi connectivity index (χ2v) is 5.72. The number of benzene rings is 1. The van der Waals surface area contributed by atoms with E-state index in [0.29, 0.717) is 0 Å². The largest absolute Gasteiger partial charge is 0.387 e. The molecule has 2 heteroatoms. The number of hydrogen-bond donors (Lipinski definition) is 1. The highest BCUT2D eigenvalue weighted by Crippen LogP contribution is 2.38. The number of aryl methyl sites for hydroxylation is 1. The van der Waals surface area contributed by atoms with E-state index in [9.17, 15) is 5.11 Å². The summed E-state index contributed by atoms with van der Waals surface area (Å²) >= 11 is 0. The Kier molecular flexibility index (Phi) is 2.93. The first-order valence-electron chi connectivity index (χ1n) is 6.71. The van der Waals surface area contributed by atoms with Gasteiger partial charge in [-0.05, 0) is 37.7 Å². The first-order chi connectivity index (χ1) is 8.22. The van der Waals surface area contributed by atoms with E-state index in [1.165, 1.54) is 31.4 Å². The van der Waals surface area contributed by atoms with Crippen LogP contribution in [0.25, 0.3) is 0 Å². The second kappa shape index (κ2) is 4.43. The average Bonchev–Trinajstić information content (AvgIpc) is 2.91. The third-order valence-corrected chi connectivity index (χ3v) is 4.36. The minimum absolute atomic E-state index is 0.325. The van der Waals surface area contributed by atoms with Crippen molar-refractivity contribution >= 4 is 0 Å². The maximum Gasteiger partial charge on any atom is 0.0917 e. The summed E-state index contributed by atoms with van der Waals surface area (Å²) in [5.74, 6) is 0.907. The third kappa shape index (κ3) is 2.24. The van der Waals surface area contributed by atoms with E-state index in [2.05, 4.69) is 24.0 Å². The molecule has 1 N–H and O–H groups in total. The zero-order valence-corrected chi connectivity index (χ0v) is 10.5. The van der Waals surface area contributed by atoms with Gasteiger partial charge in [0.15, 0.2) is 0 Å². The molecule has 0 aromatic heterocycles. The van der Waals surface area contributed by atoms with Crippen LogP contribution in [0.1, 0.15) is 36.5 Å². The monoisotopic (exact) mass is 231 g/mol. The van der Waals surface area contributed by atoms with E-state index >= 15 is 0 Å². The fourth-order valence-corrected chi connectivity index (χ4v) is 3.46. The van der Waals surface area contributed by atoms with Crippen LogP contribution in [-0.2, 0) is 0 Å². The number of fused-ring (bicyclic) bond motifs is 2. The molecule has 3 rings (SSSR count). The number of rotatable bonds is 3. The summed E-state index contributed by atoms with van der Waals surface area (Å²) in [5, 5.41) is 10.3. The molecule has 1 aliphatic heterocycles. The molecule has 92 valence electrons. The van der Waals surface area contributed by atoms with Crippen molar-refractivity contribution in [3.63, 3.8) is 0 Å². The van der Waals surface area contributed by atoms with Crippen molar-refractivity contribution in [2.24, 2.45) is 5.92 Å². The summed E-state index contributed by atoms with van der Waals surface area (Å²) in [4.78, 5) is 2.49. The molecule has 2 aliphatic rings. The molecule has 3 unspecified atom stereocenters. The maximum absolute atomic E-state index is 10.3. The number of aliphatic hydroxyl groups is 1. The molecule has 0 radical (unpaired) electrons. The highest BCUT2D eigenvalue weighted by molar-refractivity contribution is 5.24. The van der Waals surface area contributed by atoms with E-state index in [1.807, 2.05) is 12.1 Å². The lowest BCUT2D eigenvalue weighted by Crippen LogP contribution is -2.35. The van der Waals surface area contributed by atoms with Crippen molar-refractivity contribution in [3.8, 4) is 0 Å². The van der Waals surface area contributed by atoms with E-state index in [0.717, 1.165) is 24.1 Å². The van der Waals surface area contributed by atoms with Crippen LogP contribution in [0.15, 0.2) is 24.3 Å². The minimum Gasteiger partial charge on any atom is -0.387 e. The Morgan fingerprint density at radius 1 is 1.41 bits per heavy atom. The molecular formula is C15H21NO. The molecule has 1 aromatic carbocycles. The standard InChI is InChI=1S/C15H21NO/c1-11-3-2-4-13(7-11)15(17)10-16-9-12-5-6-14(16)8-12/h2-4,7,12,14-15,17H,5-6,8-10H2,1H3. The number of aliphatic hydroxyl groups excluding tert-OH is 1. The maximum atomic E-state index is 10.3. The third-order valence-electron chi connectivity index (χ3n) is 4.36. The summed E-state index contributed by atoms with van der Waals surface area (Å²) < 4.78 is 0.